The van der Waals surface area contributed by atoms with Gasteiger partial charge in [-0.2, -0.15) is 0 Å². The maximum atomic E-state index is 12.4. The fourth-order valence-corrected chi connectivity index (χ4v) is 3.87. The highest BCUT2D eigenvalue weighted by atomic mass is 31.2. The predicted molar refractivity (Wildman–Crippen MR) is 127 cm³/mol. The Hall–Kier alpha value is -2.69. The Morgan fingerprint density at radius 2 is 1.38 bits per heavy atom. The summed E-state index contributed by atoms with van der Waals surface area (Å²) in [5, 5.41) is 19.5. The molecule has 2 aromatic rings. The van der Waals surface area contributed by atoms with Crippen LogP contribution in [0.25, 0.3) is 0 Å². The van der Waals surface area contributed by atoms with Crippen LogP contribution in [0.1, 0.15) is 25.0 Å². The molecule has 0 aromatic carbocycles. The van der Waals surface area contributed by atoms with Crippen LogP contribution in [0.15, 0.2) is 31.6 Å². The Labute approximate surface area is 209 Å². The van der Waals surface area contributed by atoms with Crippen LogP contribution in [0.5, 0.6) is 0 Å². The minimum Gasteiger partial charge on any atom is -0.394 e. The summed E-state index contributed by atoms with van der Waals surface area (Å²) in [7, 11) is -4.76. The molecule has 5 atom stereocenters. The number of aromatic nitrogens is 4. The molecule has 1 unspecified atom stereocenters. The molecular weight excluding hydrogens is 519 g/mol. The first-order valence-electron chi connectivity index (χ1n) is 11.0. The van der Waals surface area contributed by atoms with E-state index in [9.17, 15) is 38.8 Å². The molecule has 208 valence electrons. The lowest BCUT2D eigenvalue weighted by molar-refractivity contribution is -0.0947. The summed E-state index contributed by atoms with van der Waals surface area (Å²) in [6.45, 7) is 3.55. The van der Waals surface area contributed by atoms with Gasteiger partial charge in [0, 0.05) is 23.5 Å². The average molecular weight is 550 g/mol. The van der Waals surface area contributed by atoms with Gasteiger partial charge in [0.1, 0.15) is 25.7 Å². The van der Waals surface area contributed by atoms with Gasteiger partial charge in [0.05, 0.1) is 25.4 Å². The molecule has 37 heavy (non-hydrogen) atoms. The number of nitrogens with one attached hydrogen (secondary N) is 2. The summed E-state index contributed by atoms with van der Waals surface area (Å²) in [5.74, 6) is 0. The van der Waals surface area contributed by atoms with Gasteiger partial charge in [0.2, 0.25) is 0 Å². The van der Waals surface area contributed by atoms with E-state index < -0.39 is 81.4 Å². The zero-order chi connectivity index (χ0) is 27.9. The summed E-state index contributed by atoms with van der Waals surface area (Å²) < 4.78 is 35.2. The highest BCUT2D eigenvalue weighted by Crippen LogP contribution is 2.45. The fourth-order valence-electron chi connectivity index (χ4n) is 2.92. The second-order valence-electron chi connectivity index (χ2n) is 8.25. The summed E-state index contributed by atoms with van der Waals surface area (Å²) in [6.07, 6.45) is -2.22. The van der Waals surface area contributed by atoms with Crippen LogP contribution >= 0.6 is 7.82 Å². The predicted octanol–water partition coefficient (Wildman–Crippen LogP) is -1.72. The fraction of sp³-hybridized carbons (Fsp3) is 0.600. The minimum absolute atomic E-state index is 0.247. The van der Waals surface area contributed by atoms with E-state index in [1.54, 1.807) is 0 Å². The summed E-state index contributed by atoms with van der Waals surface area (Å²) in [6, 6.07) is 0. The van der Waals surface area contributed by atoms with E-state index in [2.05, 4.69) is 9.97 Å². The molecule has 0 saturated carbocycles. The molecule has 0 saturated heterocycles. The van der Waals surface area contributed by atoms with Crippen molar-refractivity contribution >= 4 is 7.82 Å². The Morgan fingerprint density at radius 3 is 1.81 bits per heavy atom. The number of aromatic amines is 2. The molecule has 2 heterocycles. The van der Waals surface area contributed by atoms with Crippen LogP contribution < -0.4 is 22.5 Å². The molecule has 0 aliphatic rings. The molecular formula is C20H31N4O12P. The van der Waals surface area contributed by atoms with Crippen molar-refractivity contribution in [1.82, 2.24) is 19.1 Å². The van der Waals surface area contributed by atoms with E-state index >= 15 is 0 Å². The Bertz CT molecular complexity index is 1330. The smallest absolute Gasteiger partial charge is 0.394 e. The Morgan fingerprint density at radius 1 is 0.919 bits per heavy atom. The van der Waals surface area contributed by atoms with Crippen LogP contribution in [-0.2, 0) is 36.5 Å². The van der Waals surface area contributed by atoms with Gasteiger partial charge in [-0.25, -0.2) is 14.2 Å². The van der Waals surface area contributed by atoms with Crippen molar-refractivity contribution in [2.24, 2.45) is 0 Å². The number of aryl methyl sites for hydroxylation is 2. The molecule has 2 aromatic heterocycles. The van der Waals surface area contributed by atoms with Crippen LogP contribution in [0, 0.1) is 13.8 Å². The van der Waals surface area contributed by atoms with E-state index in [0.29, 0.717) is 0 Å². The third-order valence-corrected chi connectivity index (χ3v) is 6.25. The zero-order valence-corrected chi connectivity index (χ0v) is 21.5. The van der Waals surface area contributed by atoms with Crippen LogP contribution in [0.3, 0.4) is 0 Å². The second kappa shape index (κ2) is 13.2. The minimum atomic E-state index is -4.76. The van der Waals surface area contributed by atoms with Gasteiger partial charge in [-0.15, -0.1) is 0 Å². The first-order chi connectivity index (χ1) is 17.2. The van der Waals surface area contributed by atoms with Crippen molar-refractivity contribution in [2.75, 3.05) is 13.2 Å². The van der Waals surface area contributed by atoms with Crippen molar-refractivity contribution in [3.05, 3.63) is 65.2 Å². The number of ether oxygens (including phenoxy) is 2. The normalized spacial score (nSPS) is 16.6. The van der Waals surface area contributed by atoms with Gasteiger partial charge in [0.25, 0.3) is 11.1 Å². The van der Waals surface area contributed by atoms with Gasteiger partial charge in [0.15, 0.2) is 0 Å². The number of hydrogen-bond acceptors (Lipinski definition) is 11. The van der Waals surface area contributed by atoms with E-state index in [1.165, 1.54) is 40.1 Å². The van der Waals surface area contributed by atoms with Crippen molar-refractivity contribution in [3.8, 4) is 0 Å². The Balaban J connectivity index is 1.96. The second-order valence-corrected chi connectivity index (χ2v) is 9.65. The van der Waals surface area contributed by atoms with Crippen molar-refractivity contribution < 1.29 is 38.2 Å². The molecule has 2 rings (SSSR count). The lowest BCUT2D eigenvalue weighted by atomic mass is 10.2. The molecule has 0 aliphatic heterocycles. The van der Waals surface area contributed by atoms with E-state index in [0.717, 1.165) is 9.13 Å². The lowest BCUT2D eigenvalue weighted by Gasteiger charge is -2.26. The van der Waals surface area contributed by atoms with Gasteiger partial charge in [-0.05, 0) is 27.7 Å². The van der Waals surface area contributed by atoms with E-state index in [4.69, 9.17) is 18.5 Å². The van der Waals surface area contributed by atoms with Crippen molar-refractivity contribution in [1.29, 1.82) is 0 Å². The number of phosphoric acid groups is 1. The molecule has 16 nitrogen and oxygen atoms in total. The van der Waals surface area contributed by atoms with Crippen LogP contribution in [0.4, 0.5) is 0 Å². The SMILES string of the molecule is Cc1cn(CO[C@H](COP(=O)(O)O[C@@H](C)[C@@H](CO)OCn2cc(C)c(=O)[nH]c2=O)[C@H](C)O)c(=O)[nH]c1=O. The third-order valence-electron chi connectivity index (χ3n) is 5.18. The zero-order valence-electron chi connectivity index (χ0n) is 20.7. The number of rotatable bonds is 14. The van der Waals surface area contributed by atoms with Crippen molar-refractivity contribution in [3.63, 3.8) is 0 Å². The average Bonchev–Trinajstić information content (AvgIpc) is 2.79. The lowest BCUT2D eigenvalue weighted by Crippen LogP contribution is -2.37. The largest absolute Gasteiger partial charge is 0.472 e. The highest BCUT2D eigenvalue weighted by Gasteiger charge is 2.31. The van der Waals surface area contributed by atoms with Crippen LogP contribution in [0.2, 0.25) is 0 Å². The number of H-pyrrole nitrogens is 2. The molecule has 0 aliphatic carbocycles. The Kier molecular flexibility index (Phi) is 10.9. The van der Waals surface area contributed by atoms with Crippen molar-refractivity contribution in [2.45, 2.75) is 65.6 Å². The first kappa shape index (κ1) is 30.5. The quantitative estimate of drug-likeness (QED) is 0.166. The molecule has 0 spiro atoms. The highest BCUT2D eigenvalue weighted by molar-refractivity contribution is 7.47. The number of hydrogen-bond donors (Lipinski definition) is 5. The molecule has 0 bridgehead atoms. The molecule has 5 N–H and O–H groups in total. The summed E-state index contributed by atoms with van der Waals surface area (Å²) in [4.78, 5) is 60.9. The summed E-state index contributed by atoms with van der Waals surface area (Å²) >= 11 is 0. The topological polar surface area (TPSA) is 224 Å². The third kappa shape index (κ3) is 8.98. The number of aliphatic hydroxyl groups is 2. The van der Waals surface area contributed by atoms with Gasteiger partial charge < -0.3 is 24.6 Å². The maximum absolute atomic E-state index is 12.4. The molecule has 0 fully saturated rings. The number of nitrogens with zero attached hydrogens (tertiary/aromatic N) is 2. The first-order valence-corrected chi connectivity index (χ1v) is 12.5. The molecule has 0 radical (unpaired) electrons. The molecule has 17 heteroatoms. The number of aliphatic hydroxyl groups excluding tert-OH is 2. The standard InChI is InChI=1S/C20H31N4O12P/c1-11-5-23(19(29)21-17(11)27)9-33-15(7-25)14(4)36-37(31,32)35-8-16(13(3)26)34-10-24-6-12(2)18(28)22-20(24)30/h5-6,13-16,25-26H,7-10H2,1-4H3,(H,31,32)(H,21,27,29)(H,22,28,30)/t13-,14-,15+,16+/m0/s1. The van der Waals surface area contributed by atoms with Gasteiger partial charge in [-0.3, -0.25) is 37.7 Å². The van der Waals surface area contributed by atoms with Gasteiger partial charge >= 0.3 is 19.2 Å². The summed E-state index contributed by atoms with van der Waals surface area (Å²) in [5.41, 5.74) is -2.13. The van der Waals surface area contributed by atoms with Gasteiger partial charge in [-0.1, -0.05) is 0 Å². The van der Waals surface area contributed by atoms with Crippen LogP contribution in [-0.4, -0.2) is 71.8 Å². The van der Waals surface area contributed by atoms with E-state index in [-0.39, 0.29) is 11.1 Å². The van der Waals surface area contributed by atoms with E-state index in [1.807, 2.05) is 0 Å². The maximum Gasteiger partial charge on any atom is 0.472 e. The molecule has 0 amide bonds. The number of phosphoric ester groups is 1. The monoisotopic (exact) mass is 550 g/mol.